The van der Waals surface area contributed by atoms with Crippen LogP contribution in [0.25, 0.3) is 0 Å². The Labute approximate surface area is 139 Å². The molecule has 0 saturated heterocycles. The minimum atomic E-state index is -3.64. The van der Waals surface area contributed by atoms with E-state index in [1.165, 1.54) is 18.2 Å². The molecule has 0 atom stereocenters. The zero-order valence-corrected chi connectivity index (χ0v) is 14.5. The highest BCUT2D eigenvalue weighted by atomic mass is 79.9. The zero-order valence-electron chi connectivity index (χ0n) is 12.1. The molecule has 1 aliphatic carbocycles. The first-order valence-corrected chi connectivity index (χ1v) is 9.42. The van der Waals surface area contributed by atoms with Crippen molar-refractivity contribution in [3.05, 3.63) is 40.9 Å². The molecule has 0 radical (unpaired) electrons. The number of carbonyl (C=O) groups is 1. The van der Waals surface area contributed by atoms with E-state index in [4.69, 9.17) is 0 Å². The number of halogens is 1. The van der Waals surface area contributed by atoms with Gasteiger partial charge in [-0.2, -0.15) is 0 Å². The van der Waals surface area contributed by atoms with Crippen molar-refractivity contribution in [2.75, 3.05) is 6.54 Å². The second-order valence-electron chi connectivity index (χ2n) is 5.24. The van der Waals surface area contributed by atoms with Crippen molar-refractivity contribution in [3.8, 4) is 0 Å². The van der Waals surface area contributed by atoms with Crippen molar-refractivity contribution in [1.29, 1.82) is 0 Å². The minimum Gasteiger partial charge on any atom is -0.349 e. The highest BCUT2D eigenvalue weighted by molar-refractivity contribution is 9.10. The third-order valence-electron chi connectivity index (χ3n) is 3.60. The zero-order chi connectivity index (χ0) is 16.2. The molecule has 0 aromatic heterocycles. The van der Waals surface area contributed by atoms with E-state index in [-0.39, 0.29) is 23.4 Å². The number of benzene rings is 1. The first-order chi connectivity index (χ1) is 10.4. The predicted octanol–water partition coefficient (Wildman–Crippen LogP) is 2.59. The van der Waals surface area contributed by atoms with Gasteiger partial charge in [0.25, 0.3) is 5.91 Å². The van der Waals surface area contributed by atoms with Gasteiger partial charge in [0.15, 0.2) is 0 Å². The lowest BCUT2D eigenvalue weighted by atomic mass is 10.2. The summed E-state index contributed by atoms with van der Waals surface area (Å²) >= 11 is 3.31. The number of rotatable bonds is 6. The van der Waals surface area contributed by atoms with E-state index in [0.717, 1.165) is 25.7 Å². The summed E-state index contributed by atoms with van der Waals surface area (Å²) in [5.74, 6) is -0.250. The van der Waals surface area contributed by atoms with Crippen LogP contribution in [0.15, 0.2) is 40.2 Å². The van der Waals surface area contributed by atoms with Crippen molar-refractivity contribution in [3.63, 3.8) is 0 Å². The van der Waals surface area contributed by atoms with Gasteiger partial charge in [0, 0.05) is 17.1 Å². The van der Waals surface area contributed by atoms with Crippen LogP contribution in [0.5, 0.6) is 0 Å². The Morgan fingerprint density at radius 1 is 1.36 bits per heavy atom. The van der Waals surface area contributed by atoms with E-state index < -0.39 is 10.0 Å². The van der Waals surface area contributed by atoms with Crippen molar-refractivity contribution in [2.45, 2.75) is 36.6 Å². The summed E-state index contributed by atoms with van der Waals surface area (Å²) in [5, 5.41) is 2.96. The topological polar surface area (TPSA) is 75.3 Å². The van der Waals surface area contributed by atoms with E-state index in [1.54, 1.807) is 6.07 Å². The Hall–Kier alpha value is -1.18. The van der Waals surface area contributed by atoms with Crippen LogP contribution in [-0.2, 0) is 10.0 Å². The van der Waals surface area contributed by atoms with E-state index in [2.05, 4.69) is 32.5 Å². The Morgan fingerprint density at radius 2 is 2.05 bits per heavy atom. The lowest BCUT2D eigenvalue weighted by Crippen LogP contribution is -2.33. The molecule has 1 aliphatic rings. The van der Waals surface area contributed by atoms with Crippen LogP contribution in [0.2, 0.25) is 0 Å². The summed E-state index contributed by atoms with van der Waals surface area (Å²) < 4.78 is 27.2. The van der Waals surface area contributed by atoms with Crippen LogP contribution in [-0.4, -0.2) is 26.9 Å². The van der Waals surface area contributed by atoms with Gasteiger partial charge in [-0.05, 0) is 47.0 Å². The summed E-state index contributed by atoms with van der Waals surface area (Å²) in [6, 6.07) is 4.60. The Balaban J connectivity index is 2.22. The molecule has 0 aliphatic heterocycles. The van der Waals surface area contributed by atoms with Crippen LogP contribution >= 0.6 is 15.9 Å². The molecule has 1 aromatic rings. The highest BCUT2D eigenvalue weighted by Crippen LogP contribution is 2.23. The average molecular weight is 387 g/mol. The Morgan fingerprint density at radius 3 is 2.68 bits per heavy atom. The Kier molecular flexibility index (Phi) is 5.77. The standard InChI is InChI=1S/C15H19BrN2O3S/c1-2-9-17-22(20,21)12-7-8-14(16)13(10-12)15(19)18-11-5-3-4-6-11/h2,7-8,10-11,17H,1,3-6,9H2,(H,18,19). The molecule has 1 fully saturated rings. The van der Waals surface area contributed by atoms with Gasteiger partial charge >= 0.3 is 0 Å². The number of amides is 1. The van der Waals surface area contributed by atoms with Gasteiger partial charge in [0.1, 0.15) is 0 Å². The maximum Gasteiger partial charge on any atom is 0.252 e. The van der Waals surface area contributed by atoms with E-state index >= 15 is 0 Å². The van der Waals surface area contributed by atoms with E-state index in [9.17, 15) is 13.2 Å². The third-order valence-corrected chi connectivity index (χ3v) is 5.71. The fourth-order valence-electron chi connectivity index (χ4n) is 2.43. The number of carbonyl (C=O) groups excluding carboxylic acids is 1. The van der Waals surface area contributed by atoms with Crippen LogP contribution in [0, 0.1) is 0 Å². The normalized spacial score (nSPS) is 15.7. The molecule has 1 saturated carbocycles. The second kappa shape index (κ2) is 7.39. The molecular weight excluding hydrogens is 368 g/mol. The smallest absolute Gasteiger partial charge is 0.252 e. The summed E-state index contributed by atoms with van der Waals surface area (Å²) in [6.07, 6.45) is 5.65. The van der Waals surface area contributed by atoms with Gasteiger partial charge < -0.3 is 5.32 Å². The molecule has 5 nitrogen and oxygen atoms in total. The molecule has 0 bridgehead atoms. The summed E-state index contributed by atoms with van der Waals surface area (Å²) in [7, 11) is -3.64. The quantitative estimate of drug-likeness (QED) is 0.737. The number of nitrogens with one attached hydrogen (secondary N) is 2. The van der Waals surface area contributed by atoms with Gasteiger partial charge in [-0.1, -0.05) is 18.9 Å². The molecule has 2 rings (SSSR count). The SMILES string of the molecule is C=CCNS(=O)(=O)c1ccc(Br)c(C(=O)NC2CCCC2)c1. The van der Waals surface area contributed by atoms with Crippen LogP contribution in [0.1, 0.15) is 36.0 Å². The third kappa shape index (κ3) is 4.18. The largest absolute Gasteiger partial charge is 0.349 e. The molecule has 1 amide bonds. The maximum atomic E-state index is 12.3. The molecular formula is C15H19BrN2O3S. The first-order valence-electron chi connectivity index (χ1n) is 7.15. The van der Waals surface area contributed by atoms with Crippen LogP contribution in [0.3, 0.4) is 0 Å². The van der Waals surface area contributed by atoms with Gasteiger partial charge in [-0.3, -0.25) is 4.79 Å². The van der Waals surface area contributed by atoms with Gasteiger partial charge in [-0.25, -0.2) is 13.1 Å². The molecule has 0 heterocycles. The minimum absolute atomic E-state index is 0.0640. The van der Waals surface area contributed by atoms with E-state index in [1.807, 2.05) is 0 Å². The summed E-state index contributed by atoms with van der Waals surface area (Å²) in [4.78, 5) is 12.4. The van der Waals surface area contributed by atoms with Gasteiger partial charge in [0.05, 0.1) is 10.5 Å². The number of sulfonamides is 1. The van der Waals surface area contributed by atoms with Gasteiger partial charge in [-0.15, -0.1) is 6.58 Å². The fraction of sp³-hybridized carbons (Fsp3) is 0.400. The van der Waals surface area contributed by atoms with Crippen molar-refractivity contribution < 1.29 is 13.2 Å². The molecule has 120 valence electrons. The summed E-state index contributed by atoms with van der Waals surface area (Å²) in [5.41, 5.74) is 0.327. The molecule has 7 heteroatoms. The maximum absolute atomic E-state index is 12.3. The van der Waals surface area contributed by atoms with Crippen LogP contribution in [0.4, 0.5) is 0 Å². The van der Waals surface area contributed by atoms with Crippen molar-refractivity contribution >= 4 is 31.9 Å². The lowest BCUT2D eigenvalue weighted by Gasteiger charge is -2.14. The lowest BCUT2D eigenvalue weighted by molar-refractivity contribution is 0.0937. The molecule has 22 heavy (non-hydrogen) atoms. The molecule has 2 N–H and O–H groups in total. The van der Waals surface area contributed by atoms with E-state index in [0.29, 0.717) is 10.0 Å². The first kappa shape index (κ1) is 17.2. The van der Waals surface area contributed by atoms with Gasteiger partial charge in [0.2, 0.25) is 10.0 Å². The second-order valence-corrected chi connectivity index (χ2v) is 7.86. The van der Waals surface area contributed by atoms with Crippen LogP contribution < -0.4 is 10.0 Å². The monoisotopic (exact) mass is 386 g/mol. The average Bonchev–Trinajstić information content (AvgIpc) is 2.98. The number of hydrogen-bond acceptors (Lipinski definition) is 3. The highest BCUT2D eigenvalue weighted by Gasteiger charge is 2.21. The number of hydrogen-bond donors (Lipinski definition) is 2. The fourth-order valence-corrected chi connectivity index (χ4v) is 3.88. The molecule has 0 unspecified atom stereocenters. The molecule has 1 aromatic carbocycles. The van der Waals surface area contributed by atoms with Crippen molar-refractivity contribution in [1.82, 2.24) is 10.0 Å². The predicted molar refractivity (Wildman–Crippen MR) is 89.2 cm³/mol. The summed E-state index contributed by atoms with van der Waals surface area (Å²) in [6.45, 7) is 3.62. The Bertz CT molecular complexity index is 667. The molecule has 0 spiro atoms. The van der Waals surface area contributed by atoms with Crippen molar-refractivity contribution in [2.24, 2.45) is 0 Å².